The summed E-state index contributed by atoms with van der Waals surface area (Å²) < 4.78 is 13.5. The van der Waals surface area contributed by atoms with Crippen molar-refractivity contribution in [3.05, 3.63) is 53.1 Å². The Morgan fingerprint density at radius 1 is 1.56 bits per heavy atom. The first-order valence-electron chi connectivity index (χ1n) is 5.16. The largest absolute Gasteiger partial charge is 0.348 e. The van der Waals surface area contributed by atoms with Crippen LogP contribution in [0.25, 0.3) is 0 Å². The van der Waals surface area contributed by atoms with Gasteiger partial charge in [-0.3, -0.25) is 9.89 Å². The summed E-state index contributed by atoms with van der Waals surface area (Å²) in [6.45, 7) is 0.0571. The zero-order valence-corrected chi connectivity index (χ0v) is 9.27. The molecule has 0 spiro atoms. The summed E-state index contributed by atoms with van der Waals surface area (Å²) in [6, 6.07) is 5.96. The summed E-state index contributed by atoms with van der Waals surface area (Å²) >= 11 is 0. The van der Waals surface area contributed by atoms with Gasteiger partial charge in [0.25, 0.3) is 5.91 Å². The Morgan fingerprint density at radius 2 is 2.39 bits per heavy atom. The van der Waals surface area contributed by atoms with Gasteiger partial charge in [0, 0.05) is 18.3 Å². The SMILES string of the molecule is N#Cc1ccc(CNC(=O)c2cn[nH]c2)c(F)c1. The van der Waals surface area contributed by atoms with Crippen LogP contribution in [0.1, 0.15) is 21.5 Å². The lowest BCUT2D eigenvalue weighted by atomic mass is 10.1. The second kappa shape index (κ2) is 5.10. The van der Waals surface area contributed by atoms with Crippen LogP contribution in [0.4, 0.5) is 4.39 Å². The van der Waals surface area contributed by atoms with E-state index in [2.05, 4.69) is 15.5 Å². The van der Waals surface area contributed by atoms with Gasteiger partial charge in [0.1, 0.15) is 5.82 Å². The van der Waals surface area contributed by atoms with Gasteiger partial charge in [-0.2, -0.15) is 10.4 Å². The molecule has 0 fully saturated rings. The smallest absolute Gasteiger partial charge is 0.254 e. The average Bonchev–Trinajstić information content (AvgIpc) is 2.90. The van der Waals surface area contributed by atoms with Gasteiger partial charge >= 0.3 is 0 Å². The second-order valence-corrected chi connectivity index (χ2v) is 3.59. The summed E-state index contributed by atoms with van der Waals surface area (Å²) in [7, 11) is 0. The second-order valence-electron chi connectivity index (χ2n) is 3.59. The molecule has 0 saturated heterocycles. The van der Waals surface area contributed by atoms with Crippen LogP contribution in [0.3, 0.4) is 0 Å². The average molecular weight is 244 g/mol. The Morgan fingerprint density at radius 3 is 3.00 bits per heavy atom. The lowest BCUT2D eigenvalue weighted by Crippen LogP contribution is -2.22. The molecule has 0 aliphatic carbocycles. The van der Waals surface area contributed by atoms with Crippen molar-refractivity contribution in [2.75, 3.05) is 0 Å². The maximum atomic E-state index is 13.5. The maximum absolute atomic E-state index is 13.5. The molecule has 5 nitrogen and oxygen atoms in total. The number of halogens is 1. The predicted molar refractivity (Wildman–Crippen MR) is 60.9 cm³/mol. The van der Waals surface area contributed by atoms with E-state index in [1.165, 1.54) is 24.5 Å². The number of aromatic amines is 1. The molecular formula is C12H9FN4O. The number of nitrogens with one attached hydrogen (secondary N) is 2. The van der Waals surface area contributed by atoms with Crippen molar-refractivity contribution in [1.82, 2.24) is 15.5 Å². The van der Waals surface area contributed by atoms with Crippen LogP contribution in [-0.2, 0) is 6.54 Å². The van der Waals surface area contributed by atoms with Crippen molar-refractivity contribution >= 4 is 5.91 Å². The van der Waals surface area contributed by atoms with E-state index in [0.29, 0.717) is 11.1 Å². The molecule has 90 valence electrons. The minimum atomic E-state index is -0.512. The van der Waals surface area contributed by atoms with E-state index in [-0.39, 0.29) is 18.0 Å². The fraction of sp³-hybridized carbons (Fsp3) is 0.0833. The van der Waals surface area contributed by atoms with Crippen molar-refractivity contribution in [2.45, 2.75) is 6.54 Å². The van der Waals surface area contributed by atoms with Gasteiger partial charge in [0.05, 0.1) is 23.4 Å². The van der Waals surface area contributed by atoms with Crippen LogP contribution in [0.2, 0.25) is 0 Å². The summed E-state index contributed by atoms with van der Waals surface area (Å²) in [5.41, 5.74) is 0.951. The molecule has 0 unspecified atom stereocenters. The number of carbonyl (C=O) groups is 1. The highest BCUT2D eigenvalue weighted by molar-refractivity contribution is 5.93. The molecule has 2 rings (SSSR count). The third kappa shape index (κ3) is 2.52. The summed E-state index contributed by atoms with van der Waals surface area (Å²) in [4.78, 5) is 11.6. The molecular weight excluding hydrogens is 235 g/mol. The van der Waals surface area contributed by atoms with Crippen LogP contribution in [0.5, 0.6) is 0 Å². The molecule has 2 aromatic rings. The number of H-pyrrole nitrogens is 1. The summed E-state index contributed by atoms with van der Waals surface area (Å²) in [5, 5.41) is 17.3. The minimum absolute atomic E-state index is 0.0571. The minimum Gasteiger partial charge on any atom is -0.348 e. The molecule has 1 amide bonds. The number of hydrogen-bond acceptors (Lipinski definition) is 3. The van der Waals surface area contributed by atoms with E-state index >= 15 is 0 Å². The van der Waals surface area contributed by atoms with Crippen molar-refractivity contribution in [1.29, 1.82) is 5.26 Å². The zero-order chi connectivity index (χ0) is 13.0. The first-order valence-corrected chi connectivity index (χ1v) is 5.16. The van der Waals surface area contributed by atoms with E-state index in [1.807, 2.05) is 6.07 Å². The molecule has 0 saturated carbocycles. The van der Waals surface area contributed by atoms with Crippen molar-refractivity contribution < 1.29 is 9.18 Å². The zero-order valence-electron chi connectivity index (χ0n) is 9.27. The number of benzene rings is 1. The number of rotatable bonds is 3. The molecule has 0 aliphatic heterocycles. The number of carbonyl (C=O) groups excluding carboxylic acids is 1. The maximum Gasteiger partial charge on any atom is 0.254 e. The normalized spacial score (nSPS) is 9.78. The van der Waals surface area contributed by atoms with E-state index in [1.54, 1.807) is 0 Å². The lowest BCUT2D eigenvalue weighted by molar-refractivity contribution is 0.0950. The van der Waals surface area contributed by atoms with Gasteiger partial charge < -0.3 is 5.32 Å². The Hall–Kier alpha value is -2.68. The highest BCUT2D eigenvalue weighted by Crippen LogP contribution is 2.09. The monoisotopic (exact) mass is 244 g/mol. The van der Waals surface area contributed by atoms with Gasteiger partial charge in [-0.05, 0) is 12.1 Å². The van der Waals surface area contributed by atoms with Gasteiger partial charge in [-0.25, -0.2) is 4.39 Å². The first-order chi connectivity index (χ1) is 8.70. The number of amides is 1. The highest BCUT2D eigenvalue weighted by atomic mass is 19.1. The number of hydrogen-bond donors (Lipinski definition) is 2. The fourth-order valence-electron chi connectivity index (χ4n) is 1.41. The number of aromatic nitrogens is 2. The van der Waals surface area contributed by atoms with Crippen LogP contribution in [0.15, 0.2) is 30.6 Å². The molecule has 1 heterocycles. The summed E-state index contributed by atoms with van der Waals surface area (Å²) in [6.07, 6.45) is 2.83. The van der Waals surface area contributed by atoms with Crippen molar-refractivity contribution in [2.24, 2.45) is 0 Å². The van der Waals surface area contributed by atoms with Gasteiger partial charge in [-0.1, -0.05) is 6.07 Å². The Kier molecular flexibility index (Phi) is 3.34. The Labute approximate surface area is 102 Å². The lowest BCUT2D eigenvalue weighted by Gasteiger charge is -2.05. The predicted octanol–water partition coefficient (Wildman–Crippen LogP) is 1.35. The standard InChI is InChI=1S/C12H9FN4O/c13-11-3-8(4-14)1-2-9(11)5-15-12(18)10-6-16-17-7-10/h1-3,6-7H,5H2,(H,15,18)(H,16,17). The molecule has 0 radical (unpaired) electrons. The van der Waals surface area contributed by atoms with Gasteiger partial charge in [0.2, 0.25) is 0 Å². The van der Waals surface area contributed by atoms with E-state index in [4.69, 9.17) is 5.26 Å². The molecule has 18 heavy (non-hydrogen) atoms. The molecule has 2 N–H and O–H groups in total. The molecule has 6 heteroatoms. The molecule has 1 aromatic carbocycles. The highest BCUT2D eigenvalue weighted by Gasteiger charge is 2.08. The number of nitriles is 1. The Balaban J connectivity index is 2.03. The van der Waals surface area contributed by atoms with E-state index < -0.39 is 5.82 Å². The fourth-order valence-corrected chi connectivity index (χ4v) is 1.41. The van der Waals surface area contributed by atoms with Crippen LogP contribution < -0.4 is 5.32 Å². The third-order valence-corrected chi connectivity index (χ3v) is 2.38. The molecule has 0 atom stereocenters. The topological polar surface area (TPSA) is 81.6 Å². The summed E-state index contributed by atoms with van der Waals surface area (Å²) in [5.74, 6) is -0.853. The third-order valence-electron chi connectivity index (χ3n) is 2.38. The van der Waals surface area contributed by atoms with Crippen LogP contribution >= 0.6 is 0 Å². The van der Waals surface area contributed by atoms with E-state index in [9.17, 15) is 9.18 Å². The molecule has 0 bridgehead atoms. The number of nitrogens with zero attached hydrogens (tertiary/aromatic N) is 2. The quantitative estimate of drug-likeness (QED) is 0.855. The molecule has 0 aliphatic rings. The Bertz CT molecular complexity index is 601. The van der Waals surface area contributed by atoms with Crippen LogP contribution in [-0.4, -0.2) is 16.1 Å². The van der Waals surface area contributed by atoms with Gasteiger partial charge in [-0.15, -0.1) is 0 Å². The molecule has 1 aromatic heterocycles. The van der Waals surface area contributed by atoms with Crippen LogP contribution in [0, 0.1) is 17.1 Å². The van der Waals surface area contributed by atoms with Crippen molar-refractivity contribution in [3.8, 4) is 6.07 Å². The van der Waals surface area contributed by atoms with Crippen molar-refractivity contribution in [3.63, 3.8) is 0 Å². The van der Waals surface area contributed by atoms with E-state index in [0.717, 1.165) is 6.07 Å². The van der Waals surface area contributed by atoms with Gasteiger partial charge in [0.15, 0.2) is 0 Å². The first kappa shape index (κ1) is 11.8.